The van der Waals surface area contributed by atoms with Gasteiger partial charge in [-0.25, -0.2) is 0 Å². The van der Waals surface area contributed by atoms with Crippen LogP contribution in [0.5, 0.6) is 0 Å². The summed E-state index contributed by atoms with van der Waals surface area (Å²) < 4.78 is 0. The summed E-state index contributed by atoms with van der Waals surface area (Å²) in [4.78, 5) is 11.4. The third-order valence-corrected chi connectivity index (χ3v) is 5.33. The number of rotatable bonds is 2. The largest absolute Gasteiger partial charge is 0.481 e. The fraction of sp³-hybridized carbons (Fsp3) is 0.909. The number of hydrogen-bond donors (Lipinski definition) is 1. The van der Waals surface area contributed by atoms with Gasteiger partial charge in [0, 0.05) is 5.25 Å². The molecule has 0 spiro atoms. The van der Waals surface area contributed by atoms with Gasteiger partial charge in [-0.15, -0.1) is 0 Å². The molecule has 1 heterocycles. The Kier molecular flexibility index (Phi) is 3.05. The highest BCUT2D eigenvalue weighted by molar-refractivity contribution is 8.00. The van der Waals surface area contributed by atoms with Crippen LogP contribution in [0.4, 0.5) is 0 Å². The van der Waals surface area contributed by atoms with Gasteiger partial charge in [-0.2, -0.15) is 11.8 Å². The van der Waals surface area contributed by atoms with E-state index >= 15 is 0 Å². The lowest BCUT2D eigenvalue weighted by atomic mass is 9.70. The maximum atomic E-state index is 11.4. The van der Waals surface area contributed by atoms with Crippen molar-refractivity contribution in [2.45, 2.75) is 50.2 Å². The third kappa shape index (κ3) is 1.67. The summed E-state index contributed by atoms with van der Waals surface area (Å²) >= 11 is 1.90. The molecule has 2 aliphatic rings. The van der Waals surface area contributed by atoms with Crippen LogP contribution in [-0.2, 0) is 4.79 Å². The van der Waals surface area contributed by atoms with E-state index in [0.717, 1.165) is 32.1 Å². The van der Waals surface area contributed by atoms with Crippen molar-refractivity contribution in [3.05, 3.63) is 0 Å². The van der Waals surface area contributed by atoms with Crippen LogP contribution in [0.1, 0.15) is 44.9 Å². The molecule has 80 valence electrons. The Morgan fingerprint density at radius 2 is 1.93 bits per heavy atom. The zero-order valence-corrected chi connectivity index (χ0v) is 9.31. The smallest absolute Gasteiger partial charge is 0.310 e. The molecule has 1 N–H and O–H groups in total. The lowest BCUT2D eigenvalue weighted by Crippen LogP contribution is -2.41. The van der Waals surface area contributed by atoms with Crippen molar-refractivity contribution in [2.24, 2.45) is 5.41 Å². The molecule has 3 heteroatoms. The fourth-order valence-corrected chi connectivity index (χ4v) is 4.48. The normalized spacial score (nSPS) is 31.6. The van der Waals surface area contributed by atoms with Gasteiger partial charge in [0.2, 0.25) is 0 Å². The summed E-state index contributed by atoms with van der Waals surface area (Å²) in [7, 11) is 0. The Balaban J connectivity index is 2.15. The fourth-order valence-electron chi connectivity index (χ4n) is 2.87. The molecule has 0 aromatic rings. The summed E-state index contributed by atoms with van der Waals surface area (Å²) in [5.41, 5.74) is -0.362. The molecule has 0 amide bonds. The van der Waals surface area contributed by atoms with Crippen LogP contribution in [0.3, 0.4) is 0 Å². The molecule has 14 heavy (non-hydrogen) atoms. The van der Waals surface area contributed by atoms with Crippen molar-refractivity contribution in [2.75, 3.05) is 5.75 Å². The molecular formula is C11H18O2S. The van der Waals surface area contributed by atoms with Crippen molar-refractivity contribution in [3.8, 4) is 0 Å². The Labute approximate surface area is 89.5 Å². The van der Waals surface area contributed by atoms with Crippen molar-refractivity contribution in [1.82, 2.24) is 0 Å². The minimum absolute atomic E-state index is 0.362. The van der Waals surface area contributed by atoms with Gasteiger partial charge in [-0.1, -0.05) is 19.3 Å². The highest BCUT2D eigenvalue weighted by atomic mass is 32.2. The minimum Gasteiger partial charge on any atom is -0.481 e. The van der Waals surface area contributed by atoms with E-state index in [1.165, 1.54) is 18.6 Å². The van der Waals surface area contributed by atoms with Gasteiger partial charge in [0.1, 0.15) is 0 Å². The number of hydrogen-bond acceptors (Lipinski definition) is 2. The predicted octanol–water partition coefficient (Wildman–Crippen LogP) is 2.92. The molecule has 1 saturated heterocycles. The lowest BCUT2D eigenvalue weighted by molar-refractivity contribution is -0.151. The van der Waals surface area contributed by atoms with E-state index in [0.29, 0.717) is 5.25 Å². The van der Waals surface area contributed by atoms with Gasteiger partial charge in [-0.05, 0) is 31.4 Å². The molecule has 2 nitrogen and oxygen atoms in total. The summed E-state index contributed by atoms with van der Waals surface area (Å²) in [6.45, 7) is 0. The van der Waals surface area contributed by atoms with E-state index < -0.39 is 5.97 Å². The Hall–Kier alpha value is -0.180. The van der Waals surface area contributed by atoms with Crippen molar-refractivity contribution in [3.63, 3.8) is 0 Å². The topological polar surface area (TPSA) is 37.3 Å². The molecule has 1 aliphatic carbocycles. The first-order valence-electron chi connectivity index (χ1n) is 5.61. The first-order valence-corrected chi connectivity index (χ1v) is 6.65. The van der Waals surface area contributed by atoms with Gasteiger partial charge in [0.15, 0.2) is 0 Å². The second-order valence-corrected chi connectivity index (χ2v) is 5.83. The molecule has 1 aliphatic heterocycles. The number of aliphatic carboxylic acids is 1. The van der Waals surface area contributed by atoms with Crippen LogP contribution in [0.2, 0.25) is 0 Å². The van der Waals surface area contributed by atoms with Crippen LogP contribution in [-0.4, -0.2) is 22.1 Å². The maximum Gasteiger partial charge on any atom is 0.310 e. The molecule has 2 fully saturated rings. The summed E-state index contributed by atoms with van der Waals surface area (Å²) in [6.07, 6.45) is 7.63. The van der Waals surface area contributed by atoms with E-state index in [-0.39, 0.29) is 5.41 Å². The number of carboxylic acids is 1. The molecule has 0 bridgehead atoms. The zero-order valence-electron chi connectivity index (χ0n) is 8.50. The molecule has 1 saturated carbocycles. The molecule has 1 atom stereocenters. The Morgan fingerprint density at radius 1 is 1.21 bits per heavy atom. The van der Waals surface area contributed by atoms with E-state index in [1.807, 2.05) is 11.8 Å². The second-order valence-electron chi connectivity index (χ2n) is 4.52. The van der Waals surface area contributed by atoms with Crippen LogP contribution in [0.25, 0.3) is 0 Å². The van der Waals surface area contributed by atoms with Gasteiger partial charge in [-0.3, -0.25) is 4.79 Å². The number of carboxylic acid groups (broad SMARTS) is 1. The van der Waals surface area contributed by atoms with E-state index in [2.05, 4.69) is 0 Å². The molecule has 0 unspecified atom stereocenters. The summed E-state index contributed by atoms with van der Waals surface area (Å²) in [5.74, 6) is 0.635. The zero-order chi connectivity index (χ0) is 10.0. The van der Waals surface area contributed by atoms with Crippen molar-refractivity contribution in [1.29, 1.82) is 0 Å². The number of carbonyl (C=O) groups is 1. The highest BCUT2D eigenvalue weighted by Crippen LogP contribution is 2.48. The van der Waals surface area contributed by atoms with Gasteiger partial charge < -0.3 is 5.11 Å². The van der Waals surface area contributed by atoms with Crippen LogP contribution in [0.15, 0.2) is 0 Å². The lowest BCUT2D eigenvalue weighted by Gasteiger charge is -2.37. The van der Waals surface area contributed by atoms with E-state index in [9.17, 15) is 9.90 Å². The summed E-state index contributed by atoms with van der Waals surface area (Å²) in [6, 6.07) is 0. The van der Waals surface area contributed by atoms with Gasteiger partial charge in [0.05, 0.1) is 5.41 Å². The second kappa shape index (κ2) is 4.13. The van der Waals surface area contributed by atoms with Crippen molar-refractivity contribution >= 4 is 17.7 Å². The maximum absolute atomic E-state index is 11.4. The number of thioether (sulfide) groups is 1. The van der Waals surface area contributed by atoms with E-state index in [4.69, 9.17) is 0 Å². The Morgan fingerprint density at radius 3 is 2.43 bits per heavy atom. The van der Waals surface area contributed by atoms with Crippen LogP contribution < -0.4 is 0 Å². The van der Waals surface area contributed by atoms with Crippen LogP contribution in [0, 0.1) is 5.41 Å². The third-order valence-electron chi connectivity index (χ3n) is 3.72. The predicted molar refractivity (Wildman–Crippen MR) is 58.6 cm³/mol. The minimum atomic E-state index is -0.531. The SMILES string of the molecule is O=C(O)C1([C@H]2CCCS2)CCCCC1. The molecular weight excluding hydrogens is 196 g/mol. The van der Waals surface area contributed by atoms with Crippen LogP contribution >= 0.6 is 11.8 Å². The molecule has 0 aromatic heterocycles. The van der Waals surface area contributed by atoms with E-state index in [1.54, 1.807) is 0 Å². The standard InChI is InChI=1S/C11H18O2S/c12-10(13)11(6-2-1-3-7-11)9-5-4-8-14-9/h9H,1-8H2,(H,12,13)/t9-/m1/s1. The average Bonchev–Trinajstić information content (AvgIpc) is 2.72. The monoisotopic (exact) mass is 214 g/mol. The van der Waals surface area contributed by atoms with Crippen molar-refractivity contribution < 1.29 is 9.90 Å². The molecule has 2 rings (SSSR count). The first kappa shape index (κ1) is 10.3. The quantitative estimate of drug-likeness (QED) is 0.768. The molecule has 0 aromatic carbocycles. The highest BCUT2D eigenvalue weighted by Gasteiger charge is 2.47. The average molecular weight is 214 g/mol. The Bertz CT molecular complexity index is 215. The van der Waals surface area contributed by atoms with Gasteiger partial charge in [0.25, 0.3) is 0 Å². The summed E-state index contributed by atoms with van der Waals surface area (Å²) in [5, 5.41) is 9.84. The molecule has 0 radical (unpaired) electrons. The van der Waals surface area contributed by atoms with Gasteiger partial charge >= 0.3 is 5.97 Å². The first-order chi connectivity index (χ1) is 6.76.